The van der Waals surface area contributed by atoms with Crippen LogP contribution in [0.15, 0.2) is 12.4 Å². The first-order valence-electron chi connectivity index (χ1n) is 4.53. The van der Waals surface area contributed by atoms with Gasteiger partial charge in [-0.1, -0.05) is 6.42 Å². The van der Waals surface area contributed by atoms with Gasteiger partial charge in [-0.15, -0.1) is 12.4 Å². The molecule has 0 fully saturated rings. The van der Waals surface area contributed by atoms with Crippen molar-refractivity contribution in [1.29, 1.82) is 0 Å². The molecule has 0 radical (unpaired) electrons. The number of halogens is 1. The zero-order valence-electron chi connectivity index (χ0n) is 7.72. The Morgan fingerprint density at radius 3 is 3.07 bits per heavy atom. The number of hydrogen-bond acceptors (Lipinski definition) is 2. The van der Waals surface area contributed by atoms with Gasteiger partial charge in [0, 0.05) is 18.9 Å². The lowest BCUT2D eigenvalue weighted by Crippen LogP contribution is -2.14. The van der Waals surface area contributed by atoms with E-state index >= 15 is 0 Å². The van der Waals surface area contributed by atoms with Crippen LogP contribution in [-0.2, 0) is 11.3 Å². The van der Waals surface area contributed by atoms with E-state index in [1.807, 2.05) is 10.8 Å². The largest absolute Gasteiger partial charge is 0.481 e. The number of nitrogens with zero attached hydrogens (tertiary/aromatic N) is 2. The van der Waals surface area contributed by atoms with E-state index in [0.29, 0.717) is 12.2 Å². The number of carboxylic acid groups (broad SMARTS) is 1. The van der Waals surface area contributed by atoms with Gasteiger partial charge in [-0.05, 0) is 12.8 Å². The number of aliphatic carboxylic acids is 1. The molecule has 14 heavy (non-hydrogen) atoms. The quantitative estimate of drug-likeness (QED) is 0.777. The molecule has 4 nitrogen and oxygen atoms in total. The molecule has 1 atom stereocenters. The lowest BCUT2D eigenvalue weighted by Gasteiger charge is -2.08. The number of aryl methyl sites for hydroxylation is 1. The maximum atomic E-state index is 10.9. The van der Waals surface area contributed by atoms with E-state index in [-0.39, 0.29) is 12.4 Å². The normalized spacial score (nSPS) is 20.4. The van der Waals surface area contributed by atoms with Crippen molar-refractivity contribution in [3.05, 3.63) is 18.2 Å². The third-order valence-electron chi connectivity index (χ3n) is 2.50. The van der Waals surface area contributed by atoms with Gasteiger partial charge >= 0.3 is 5.97 Å². The zero-order valence-corrected chi connectivity index (χ0v) is 8.54. The Balaban J connectivity index is 0.000000980. The molecule has 1 aliphatic heterocycles. The van der Waals surface area contributed by atoms with Gasteiger partial charge in [-0.3, -0.25) is 4.79 Å². The molecule has 0 bridgehead atoms. The molecule has 1 aromatic heterocycles. The molecule has 2 rings (SSSR count). The standard InChI is InChI=1S/C9H12N2O2.ClH/c12-9(13)7-3-1-2-5-11-6-4-10-8(7)11;/h4,6-7H,1-3,5H2,(H,12,13);1H. The first-order chi connectivity index (χ1) is 6.29. The summed E-state index contributed by atoms with van der Waals surface area (Å²) < 4.78 is 1.95. The fourth-order valence-corrected chi connectivity index (χ4v) is 1.81. The van der Waals surface area contributed by atoms with E-state index in [2.05, 4.69) is 4.98 Å². The maximum Gasteiger partial charge on any atom is 0.314 e. The summed E-state index contributed by atoms with van der Waals surface area (Å²) in [5, 5.41) is 8.98. The molecule has 1 N–H and O–H groups in total. The van der Waals surface area contributed by atoms with E-state index in [0.717, 1.165) is 19.4 Å². The Morgan fingerprint density at radius 1 is 1.57 bits per heavy atom. The molecular weight excluding hydrogens is 204 g/mol. The van der Waals surface area contributed by atoms with Crippen molar-refractivity contribution in [1.82, 2.24) is 9.55 Å². The van der Waals surface area contributed by atoms with Gasteiger partial charge in [0.15, 0.2) is 0 Å². The van der Waals surface area contributed by atoms with Gasteiger partial charge < -0.3 is 9.67 Å². The van der Waals surface area contributed by atoms with Crippen molar-refractivity contribution in [3.8, 4) is 0 Å². The number of aromatic nitrogens is 2. The minimum absolute atomic E-state index is 0. The van der Waals surface area contributed by atoms with Crippen LogP contribution in [0.25, 0.3) is 0 Å². The molecule has 0 aromatic carbocycles. The second-order valence-corrected chi connectivity index (χ2v) is 3.37. The number of hydrogen-bond donors (Lipinski definition) is 1. The monoisotopic (exact) mass is 216 g/mol. The second-order valence-electron chi connectivity index (χ2n) is 3.37. The summed E-state index contributed by atoms with van der Waals surface area (Å²) in [4.78, 5) is 15.0. The number of rotatable bonds is 1. The Kier molecular flexibility index (Phi) is 3.52. The number of imidazole rings is 1. The summed E-state index contributed by atoms with van der Waals surface area (Å²) in [7, 11) is 0. The van der Waals surface area contributed by atoms with Crippen molar-refractivity contribution in [2.45, 2.75) is 31.7 Å². The molecule has 0 aliphatic carbocycles. The third-order valence-corrected chi connectivity index (χ3v) is 2.50. The van der Waals surface area contributed by atoms with E-state index < -0.39 is 11.9 Å². The summed E-state index contributed by atoms with van der Waals surface area (Å²) in [6.07, 6.45) is 6.27. The number of fused-ring (bicyclic) bond motifs is 1. The van der Waals surface area contributed by atoms with Gasteiger partial charge in [-0.25, -0.2) is 4.98 Å². The summed E-state index contributed by atoms with van der Waals surface area (Å²) in [6.45, 7) is 0.902. The first-order valence-corrected chi connectivity index (χ1v) is 4.53. The molecule has 1 aromatic rings. The summed E-state index contributed by atoms with van der Waals surface area (Å²) in [5.74, 6) is -0.447. The van der Waals surface area contributed by atoms with Gasteiger partial charge in [0.05, 0.1) is 0 Å². The molecular formula is C9H13ClN2O2. The molecule has 78 valence electrons. The fourth-order valence-electron chi connectivity index (χ4n) is 1.81. The lowest BCUT2D eigenvalue weighted by molar-refractivity contribution is -0.139. The third kappa shape index (κ3) is 1.90. The van der Waals surface area contributed by atoms with Gasteiger partial charge in [-0.2, -0.15) is 0 Å². The van der Waals surface area contributed by atoms with E-state index in [1.165, 1.54) is 0 Å². The van der Waals surface area contributed by atoms with Gasteiger partial charge in [0.2, 0.25) is 0 Å². The Hall–Kier alpha value is -1.03. The maximum absolute atomic E-state index is 10.9. The Morgan fingerprint density at radius 2 is 2.36 bits per heavy atom. The van der Waals surface area contributed by atoms with Crippen LogP contribution >= 0.6 is 12.4 Å². The molecule has 1 aliphatic rings. The first kappa shape index (κ1) is 11.0. The second kappa shape index (κ2) is 4.46. The summed E-state index contributed by atoms with van der Waals surface area (Å²) in [6, 6.07) is 0. The van der Waals surface area contributed by atoms with Gasteiger partial charge in [0.25, 0.3) is 0 Å². The SMILES string of the molecule is Cl.O=C(O)C1CCCCn2ccnc21. The Bertz CT molecular complexity index is 324. The van der Waals surface area contributed by atoms with Crippen LogP contribution in [0, 0.1) is 0 Å². The minimum Gasteiger partial charge on any atom is -0.481 e. The highest BCUT2D eigenvalue weighted by atomic mass is 35.5. The Labute approximate surface area is 88.4 Å². The van der Waals surface area contributed by atoms with Crippen molar-refractivity contribution in [3.63, 3.8) is 0 Å². The molecule has 5 heteroatoms. The molecule has 2 heterocycles. The average Bonchev–Trinajstić information content (AvgIpc) is 2.44. The highest BCUT2D eigenvalue weighted by Gasteiger charge is 2.25. The molecule has 0 saturated heterocycles. The predicted molar refractivity (Wildman–Crippen MR) is 53.7 cm³/mol. The molecule has 0 saturated carbocycles. The van der Waals surface area contributed by atoms with Crippen LogP contribution in [0.1, 0.15) is 31.0 Å². The van der Waals surface area contributed by atoms with E-state index in [1.54, 1.807) is 6.20 Å². The van der Waals surface area contributed by atoms with E-state index in [4.69, 9.17) is 5.11 Å². The molecule has 1 unspecified atom stereocenters. The van der Waals surface area contributed by atoms with Crippen molar-refractivity contribution < 1.29 is 9.90 Å². The van der Waals surface area contributed by atoms with Crippen LogP contribution in [0.5, 0.6) is 0 Å². The average molecular weight is 217 g/mol. The molecule has 0 spiro atoms. The zero-order chi connectivity index (χ0) is 9.26. The smallest absolute Gasteiger partial charge is 0.314 e. The van der Waals surface area contributed by atoms with Crippen LogP contribution in [0.4, 0.5) is 0 Å². The summed E-state index contributed by atoms with van der Waals surface area (Å²) in [5.41, 5.74) is 0. The number of carboxylic acids is 1. The van der Waals surface area contributed by atoms with Crippen molar-refractivity contribution in [2.75, 3.05) is 0 Å². The van der Waals surface area contributed by atoms with Crippen LogP contribution in [0.2, 0.25) is 0 Å². The van der Waals surface area contributed by atoms with E-state index in [9.17, 15) is 4.79 Å². The lowest BCUT2D eigenvalue weighted by atomic mass is 10.0. The minimum atomic E-state index is -0.755. The van der Waals surface area contributed by atoms with Crippen LogP contribution in [-0.4, -0.2) is 20.6 Å². The number of carbonyl (C=O) groups is 1. The van der Waals surface area contributed by atoms with Gasteiger partial charge in [0.1, 0.15) is 11.7 Å². The van der Waals surface area contributed by atoms with Crippen molar-refractivity contribution in [2.24, 2.45) is 0 Å². The molecule has 0 amide bonds. The van der Waals surface area contributed by atoms with Crippen molar-refractivity contribution >= 4 is 18.4 Å². The van der Waals surface area contributed by atoms with Crippen LogP contribution < -0.4 is 0 Å². The highest BCUT2D eigenvalue weighted by molar-refractivity contribution is 5.85. The topological polar surface area (TPSA) is 55.1 Å². The highest BCUT2D eigenvalue weighted by Crippen LogP contribution is 2.24. The van der Waals surface area contributed by atoms with Crippen LogP contribution in [0.3, 0.4) is 0 Å². The fraction of sp³-hybridized carbons (Fsp3) is 0.556. The predicted octanol–water partition coefficient (Wildman–Crippen LogP) is 1.66. The summed E-state index contributed by atoms with van der Waals surface area (Å²) >= 11 is 0.